The zero-order valence-electron chi connectivity index (χ0n) is 18.2. The molecule has 2 fully saturated rings. The number of rotatable bonds is 4. The fourth-order valence-electron chi connectivity index (χ4n) is 6.24. The Balaban J connectivity index is 1.60. The lowest BCUT2D eigenvalue weighted by atomic mass is 9.54. The van der Waals surface area contributed by atoms with Crippen LogP contribution < -0.4 is 5.32 Å². The van der Waals surface area contributed by atoms with Crippen LogP contribution in [0.5, 0.6) is 0 Å². The minimum atomic E-state index is -0.342. The summed E-state index contributed by atoms with van der Waals surface area (Å²) in [5, 5.41) is 12.7. The molecule has 0 spiro atoms. The molecule has 2 aromatic rings. The van der Waals surface area contributed by atoms with Crippen LogP contribution in [-0.2, 0) is 4.79 Å². The number of amides is 1. The van der Waals surface area contributed by atoms with Crippen molar-refractivity contribution in [2.24, 2.45) is 26.6 Å². The highest BCUT2D eigenvalue weighted by atomic mass is 35.5. The van der Waals surface area contributed by atoms with Gasteiger partial charge in [0, 0.05) is 27.6 Å². The zero-order valence-corrected chi connectivity index (χ0v) is 19.7. The number of amidine groups is 1. The molecule has 32 heavy (non-hydrogen) atoms. The quantitative estimate of drug-likeness (QED) is 0.557. The third-order valence-corrected chi connectivity index (χ3v) is 8.28. The number of carbonyl (C=O) groups is 1. The number of carbonyl (C=O) groups excluding carboxylic acids is 1. The fourth-order valence-corrected chi connectivity index (χ4v) is 6.69. The van der Waals surface area contributed by atoms with Gasteiger partial charge in [0.05, 0.1) is 5.41 Å². The molecule has 2 aromatic carbocycles. The molecule has 7 heteroatoms. The van der Waals surface area contributed by atoms with Gasteiger partial charge in [0.25, 0.3) is 0 Å². The summed E-state index contributed by atoms with van der Waals surface area (Å²) in [5.41, 5.74) is 2.86. The van der Waals surface area contributed by atoms with Gasteiger partial charge < -0.3 is 5.32 Å². The first-order chi connectivity index (χ1) is 15.4. The number of nitrogens with one attached hydrogen (secondary N) is 1. The molecule has 1 N–H and O–H groups in total. The Kier molecular flexibility index (Phi) is 5.58. The average molecular weight is 469 g/mol. The topological polar surface area (TPSA) is 66.2 Å². The third kappa shape index (κ3) is 3.37. The molecule has 1 amide bonds. The van der Waals surface area contributed by atoms with E-state index in [0.717, 1.165) is 30.4 Å². The lowest BCUT2D eigenvalue weighted by molar-refractivity contribution is -0.131. The molecule has 2 aliphatic heterocycles. The molecule has 0 radical (unpaired) electrons. The maximum atomic E-state index is 13.1. The van der Waals surface area contributed by atoms with Gasteiger partial charge >= 0.3 is 0 Å². The number of benzene rings is 2. The summed E-state index contributed by atoms with van der Waals surface area (Å²) < 4.78 is 0. The average Bonchev–Trinajstić information content (AvgIpc) is 3.41. The third-order valence-electron chi connectivity index (χ3n) is 7.70. The van der Waals surface area contributed by atoms with Crippen LogP contribution >= 0.6 is 23.2 Å². The first kappa shape index (κ1) is 21.6. The molecular formula is C25H26Cl2N4O. The van der Waals surface area contributed by atoms with Gasteiger partial charge in [-0.1, -0.05) is 54.4 Å². The van der Waals surface area contributed by atoms with Gasteiger partial charge in [0.1, 0.15) is 0 Å². The maximum Gasteiger partial charge on any atom is 0.226 e. The van der Waals surface area contributed by atoms with Crippen molar-refractivity contribution < 1.29 is 4.79 Å². The molecule has 0 aromatic heterocycles. The van der Waals surface area contributed by atoms with Crippen LogP contribution in [0.4, 0.5) is 0 Å². The molecule has 5 rings (SSSR count). The number of aliphatic imine (C=N–C) groups is 1. The molecule has 2 heterocycles. The number of hydrogen-bond donors (Lipinski definition) is 1. The highest BCUT2D eigenvalue weighted by molar-refractivity contribution is 6.32. The van der Waals surface area contributed by atoms with Gasteiger partial charge in [0.2, 0.25) is 5.91 Å². The Labute approximate surface area is 198 Å². The highest BCUT2D eigenvalue weighted by Crippen LogP contribution is 2.60. The summed E-state index contributed by atoms with van der Waals surface area (Å²) in [6.45, 7) is 4.65. The van der Waals surface area contributed by atoms with E-state index in [4.69, 9.17) is 23.2 Å². The van der Waals surface area contributed by atoms with Crippen LogP contribution in [0.1, 0.15) is 61.6 Å². The Hall–Kier alpha value is -2.24. The van der Waals surface area contributed by atoms with E-state index >= 15 is 0 Å². The molecule has 1 saturated heterocycles. The summed E-state index contributed by atoms with van der Waals surface area (Å²) in [6.07, 6.45) is 2.59. The summed E-state index contributed by atoms with van der Waals surface area (Å²) in [6, 6.07) is 14.3. The van der Waals surface area contributed by atoms with Crippen molar-refractivity contribution in [2.75, 3.05) is 6.67 Å². The van der Waals surface area contributed by atoms with Gasteiger partial charge in [-0.25, -0.2) is 4.99 Å². The molecule has 5 nitrogen and oxygen atoms in total. The maximum absolute atomic E-state index is 13.1. The molecule has 5 atom stereocenters. The molecular weight excluding hydrogens is 443 g/mol. The lowest BCUT2D eigenvalue weighted by Crippen LogP contribution is -2.43. The molecule has 0 bridgehead atoms. The van der Waals surface area contributed by atoms with Crippen LogP contribution in [0, 0.1) is 11.3 Å². The van der Waals surface area contributed by atoms with Gasteiger partial charge in [-0.2, -0.15) is 5.11 Å². The monoisotopic (exact) mass is 468 g/mol. The first-order valence-corrected chi connectivity index (χ1v) is 12.0. The van der Waals surface area contributed by atoms with Crippen LogP contribution in [0.15, 0.2) is 57.7 Å². The first-order valence-electron chi connectivity index (χ1n) is 11.2. The van der Waals surface area contributed by atoms with E-state index < -0.39 is 0 Å². The normalized spacial score (nSPS) is 31.4. The number of nitrogens with zero attached hydrogens (tertiary/aromatic N) is 3. The van der Waals surface area contributed by atoms with E-state index in [2.05, 4.69) is 52.6 Å². The Bertz CT molecular complexity index is 1110. The van der Waals surface area contributed by atoms with Crippen molar-refractivity contribution in [3.63, 3.8) is 0 Å². The van der Waals surface area contributed by atoms with E-state index in [1.54, 1.807) is 0 Å². The van der Waals surface area contributed by atoms with E-state index in [1.807, 2.05) is 24.3 Å². The summed E-state index contributed by atoms with van der Waals surface area (Å²) in [5.74, 6) is 1.36. The molecule has 1 aliphatic carbocycles. The molecule has 3 aliphatic rings. The predicted octanol–water partition coefficient (Wildman–Crippen LogP) is 6.36. The Morgan fingerprint density at radius 3 is 2.59 bits per heavy atom. The predicted molar refractivity (Wildman–Crippen MR) is 128 cm³/mol. The minimum Gasteiger partial charge on any atom is -0.353 e. The molecule has 1 saturated carbocycles. The Morgan fingerprint density at radius 2 is 1.94 bits per heavy atom. The lowest BCUT2D eigenvalue weighted by Gasteiger charge is -2.47. The minimum absolute atomic E-state index is 0.0947. The fraction of sp³-hybridized carbons (Fsp3) is 0.440. The van der Waals surface area contributed by atoms with Crippen LogP contribution in [0.3, 0.4) is 0 Å². The second-order valence-corrected chi connectivity index (χ2v) is 9.96. The molecule has 166 valence electrons. The summed E-state index contributed by atoms with van der Waals surface area (Å²) >= 11 is 13.1. The number of halogens is 2. The number of azo groups is 1. The van der Waals surface area contributed by atoms with Crippen molar-refractivity contribution in [1.82, 2.24) is 5.32 Å². The van der Waals surface area contributed by atoms with Crippen molar-refractivity contribution in [2.45, 2.75) is 51.0 Å². The van der Waals surface area contributed by atoms with Crippen LogP contribution in [0.2, 0.25) is 10.0 Å². The largest absolute Gasteiger partial charge is 0.353 e. The van der Waals surface area contributed by atoms with Crippen molar-refractivity contribution >= 4 is 34.9 Å². The van der Waals surface area contributed by atoms with Crippen molar-refractivity contribution in [3.05, 3.63) is 69.2 Å². The number of fused-ring (bicyclic) bond motifs is 1. The van der Waals surface area contributed by atoms with Gasteiger partial charge in [0.15, 0.2) is 12.5 Å². The van der Waals surface area contributed by atoms with Crippen LogP contribution in [-0.4, -0.2) is 24.5 Å². The zero-order chi connectivity index (χ0) is 22.5. The SMILES string of the molecule is CC[C@@]12CC[C@@H](c3ccc(C4=NCN=N4)cc3Cl)[C@H](c3ccc(Cl)cc3)[C@@H]1[C@@H](C)NC2=O. The second-order valence-electron chi connectivity index (χ2n) is 9.12. The van der Waals surface area contributed by atoms with E-state index in [1.165, 1.54) is 5.56 Å². The smallest absolute Gasteiger partial charge is 0.226 e. The summed E-state index contributed by atoms with van der Waals surface area (Å²) in [7, 11) is 0. The Morgan fingerprint density at radius 1 is 1.16 bits per heavy atom. The standard InChI is InChI=1S/C25H26Cl2N4O/c1-3-25-11-10-19(18-9-6-16(12-20(18)27)23-28-13-29-31-23)21(15-4-7-17(26)8-5-15)22(25)14(2)30-24(25)32/h4-9,12,14,19,21-22H,3,10-11,13H2,1-2H3,(H,30,32)/t14-,19+,21+,22+,25-/m1/s1. The van der Waals surface area contributed by atoms with Crippen LogP contribution in [0.25, 0.3) is 0 Å². The molecule has 0 unspecified atom stereocenters. The van der Waals surface area contributed by atoms with E-state index in [9.17, 15) is 4.79 Å². The van der Waals surface area contributed by atoms with Crippen molar-refractivity contribution in [1.29, 1.82) is 0 Å². The summed E-state index contributed by atoms with van der Waals surface area (Å²) in [4.78, 5) is 17.4. The van der Waals surface area contributed by atoms with Gasteiger partial charge in [-0.15, -0.1) is 5.11 Å². The van der Waals surface area contributed by atoms with Gasteiger partial charge in [-0.3, -0.25) is 4.79 Å². The van der Waals surface area contributed by atoms with Gasteiger partial charge in [-0.05, 0) is 67.3 Å². The number of hydrogen-bond acceptors (Lipinski definition) is 4. The van der Waals surface area contributed by atoms with E-state index in [0.29, 0.717) is 22.5 Å². The van der Waals surface area contributed by atoms with Crippen molar-refractivity contribution in [3.8, 4) is 0 Å². The second kappa shape index (κ2) is 8.27. The highest BCUT2D eigenvalue weighted by Gasteiger charge is 2.59. The van der Waals surface area contributed by atoms with E-state index in [-0.39, 0.29) is 35.1 Å².